The molecule has 3 N–H and O–H groups in total. The lowest BCUT2D eigenvalue weighted by Crippen LogP contribution is -2.51. The summed E-state index contributed by atoms with van der Waals surface area (Å²) in [7, 11) is 0. The van der Waals surface area contributed by atoms with E-state index in [1.807, 2.05) is 12.1 Å². The van der Waals surface area contributed by atoms with E-state index < -0.39 is 23.5 Å². The first-order valence-corrected chi connectivity index (χ1v) is 12.7. The number of fused-ring (bicyclic) bond motifs is 5. The molecule has 0 spiro atoms. The normalized spacial score (nSPS) is 25.5. The van der Waals surface area contributed by atoms with E-state index in [-0.39, 0.29) is 23.4 Å². The van der Waals surface area contributed by atoms with Gasteiger partial charge in [0.2, 0.25) is 0 Å². The Bertz CT molecular complexity index is 1520. The second-order valence-corrected chi connectivity index (χ2v) is 10.6. The minimum atomic E-state index is -0.762. The van der Waals surface area contributed by atoms with Crippen LogP contribution in [0.4, 0.5) is 14.6 Å². The van der Waals surface area contributed by atoms with Gasteiger partial charge in [0.25, 0.3) is 0 Å². The maximum Gasteiger partial charge on any atom is 0.308 e. The Morgan fingerprint density at radius 1 is 1.00 bits per heavy atom. The van der Waals surface area contributed by atoms with Gasteiger partial charge in [0, 0.05) is 34.6 Å². The maximum atomic E-state index is 14.4. The number of nitrogens with zero attached hydrogens (tertiary/aromatic N) is 2. The number of nitrogens with one attached hydrogen (secondary N) is 2. The number of para-hydroxylation sites is 1. The van der Waals surface area contributed by atoms with Gasteiger partial charge in [-0.2, -0.15) is 0 Å². The Morgan fingerprint density at radius 3 is 2.53 bits per heavy atom. The molecule has 2 aromatic carbocycles. The lowest BCUT2D eigenvalue weighted by Gasteiger charge is -2.47. The second kappa shape index (κ2) is 7.98. The third-order valence-corrected chi connectivity index (χ3v) is 8.53. The Morgan fingerprint density at radius 2 is 1.78 bits per heavy atom. The molecule has 2 aromatic heterocycles. The maximum absolute atomic E-state index is 14.4. The zero-order valence-electron chi connectivity index (χ0n) is 19.6. The third kappa shape index (κ3) is 3.38. The highest BCUT2D eigenvalue weighted by atomic mass is 19.1. The predicted octanol–water partition coefficient (Wildman–Crippen LogP) is 6.24. The molecule has 2 heterocycles. The summed E-state index contributed by atoms with van der Waals surface area (Å²) in [5.74, 6) is -0.741. The van der Waals surface area contributed by atoms with Crippen molar-refractivity contribution in [2.45, 2.75) is 50.5 Å². The number of aromatic nitrogens is 3. The lowest BCUT2D eigenvalue weighted by molar-refractivity contribution is -0.148. The highest BCUT2D eigenvalue weighted by molar-refractivity contribution is 5.98. The summed E-state index contributed by atoms with van der Waals surface area (Å²) < 4.78 is 28.6. The van der Waals surface area contributed by atoms with Crippen molar-refractivity contribution in [1.82, 2.24) is 15.0 Å². The molecule has 0 amide bonds. The van der Waals surface area contributed by atoms with Crippen molar-refractivity contribution < 1.29 is 18.7 Å². The van der Waals surface area contributed by atoms with Crippen molar-refractivity contribution in [2.24, 2.45) is 17.8 Å². The van der Waals surface area contributed by atoms with Gasteiger partial charge in [-0.05, 0) is 74.0 Å². The minimum absolute atomic E-state index is 0.166. The fourth-order valence-electron chi connectivity index (χ4n) is 6.64. The summed E-state index contributed by atoms with van der Waals surface area (Å²) >= 11 is 0. The van der Waals surface area contributed by atoms with Gasteiger partial charge in [-0.3, -0.25) is 4.79 Å². The van der Waals surface area contributed by atoms with Gasteiger partial charge in [-0.25, -0.2) is 18.7 Å². The molecule has 0 radical (unpaired) electrons. The molecule has 8 heteroatoms. The van der Waals surface area contributed by atoms with Crippen LogP contribution in [0.1, 0.15) is 50.0 Å². The van der Waals surface area contributed by atoms with Crippen LogP contribution < -0.4 is 5.32 Å². The summed E-state index contributed by atoms with van der Waals surface area (Å²) in [6.07, 6.45) is 7.73. The number of anilines is 1. The summed E-state index contributed by atoms with van der Waals surface area (Å²) in [5.41, 5.74) is 2.66. The summed E-state index contributed by atoms with van der Waals surface area (Å²) in [4.78, 5) is 25.0. The number of halogens is 2. The first kappa shape index (κ1) is 21.7. The van der Waals surface area contributed by atoms with Crippen LogP contribution in [0.15, 0.2) is 36.5 Å². The van der Waals surface area contributed by atoms with Gasteiger partial charge in [-0.15, -0.1) is 0 Å². The van der Waals surface area contributed by atoms with Crippen molar-refractivity contribution in [3.8, 4) is 11.4 Å². The van der Waals surface area contributed by atoms with Crippen LogP contribution in [0.2, 0.25) is 0 Å². The number of aliphatic carboxylic acids is 1. The zero-order valence-corrected chi connectivity index (χ0v) is 19.6. The molecular formula is C28H26F2N4O2. The molecule has 4 aromatic rings. The molecule has 2 unspecified atom stereocenters. The number of rotatable bonds is 5. The number of carboxylic acid groups (broad SMARTS) is 1. The number of aromatic amines is 1. The van der Waals surface area contributed by atoms with E-state index in [0.29, 0.717) is 28.5 Å². The molecule has 36 heavy (non-hydrogen) atoms. The first-order valence-electron chi connectivity index (χ1n) is 12.7. The smallest absolute Gasteiger partial charge is 0.308 e. The highest BCUT2D eigenvalue weighted by Gasteiger charge is 2.47. The molecule has 6 nitrogen and oxygen atoms in total. The first-order chi connectivity index (χ1) is 17.5. The molecule has 0 saturated heterocycles. The van der Waals surface area contributed by atoms with Crippen LogP contribution in [-0.2, 0) is 4.79 Å². The van der Waals surface area contributed by atoms with Crippen LogP contribution in [-0.4, -0.2) is 32.1 Å². The second-order valence-electron chi connectivity index (χ2n) is 10.6. The molecule has 4 aliphatic carbocycles. The standard InChI is InChI=1S/C28H26F2N4O2/c29-16-10-19-20(12-31-25(19)21(30)11-16)27-33-24-17(13-4-5-13)2-1-3-18(24)26(34-27)32-23-15-8-6-14(7-9-15)22(23)28(35)36/h1-3,10-15,22-23,31H,4-9H2,(H,35,36)(H,32,33,34). The Hall–Kier alpha value is -3.55. The van der Waals surface area contributed by atoms with E-state index in [2.05, 4.69) is 16.4 Å². The molecule has 4 saturated carbocycles. The number of hydrogen-bond donors (Lipinski definition) is 3. The molecular weight excluding hydrogens is 462 g/mol. The zero-order chi connectivity index (χ0) is 24.6. The average Bonchev–Trinajstić information content (AvgIpc) is 3.63. The van der Waals surface area contributed by atoms with E-state index in [4.69, 9.17) is 9.97 Å². The van der Waals surface area contributed by atoms with Gasteiger partial charge in [0.15, 0.2) is 5.82 Å². The van der Waals surface area contributed by atoms with Crippen molar-refractivity contribution in [2.75, 3.05) is 5.32 Å². The van der Waals surface area contributed by atoms with E-state index in [1.54, 1.807) is 6.20 Å². The van der Waals surface area contributed by atoms with Crippen LogP contribution in [0, 0.1) is 29.4 Å². The fourth-order valence-corrected chi connectivity index (χ4v) is 6.64. The molecule has 0 aliphatic heterocycles. The molecule has 184 valence electrons. The predicted molar refractivity (Wildman–Crippen MR) is 133 cm³/mol. The number of carboxylic acids is 1. The van der Waals surface area contributed by atoms with Gasteiger partial charge in [0.05, 0.1) is 17.0 Å². The van der Waals surface area contributed by atoms with Crippen LogP contribution in [0.25, 0.3) is 33.2 Å². The van der Waals surface area contributed by atoms with Gasteiger partial charge in [0.1, 0.15) is 17.5 Å². The van der Waals surface area contributed by atoms with Crippen LogP contribution >= 0.6 is 0 Å². The van der Waals surface area contributed by atoms with Crippen LogP contribution in [0.3, 0.4) is 0 Å². The SMILES string of the molecule is O=C(O)C1C2CCC(CC2)C1Nc1nc(-c2c[nH]c3c(F)cc(F)cc23)nc2c(C3CC3)cccc12. The number of hydrogen-bond acceptors (Lipinski definition) is 4. The number of benzene rings is 2. The summed E-state index contributed by atoms with van der Waals surface area (Å²) in [5, 5.41) is 14.9. The highest BCUT2D eigenvalue weighted by Crippen LogP contribution is 2.48. The van der Waals surface area contributed by atoms with Gasteiger partial charge in [-0.1, -0.05) is 12.1 Å². The molecule has 8 rings (SSSR count). The van der Waals surface area contributed by atoms with Gasteiger partial charge >= 0.3 is 5.97 Å². The molecule has 4 aliphatic rings. The Kier molecular flexibility index (Phi) is 4.81. The minimum Gasteiger partial charge on any atom is -0.481 e. The molecule has 4 fully saturated rings. The number of H-pyrrole nitrogens is 1. The van der Waals surface area contributed by atoms with Crippen molar-refractivity contribution in [3.05, 3.63) is 53.7 Å². The van der Waals surface area contributed by atoms with Crippen molar-refractivity contribution in [3.63, 3.8) is 0 Å². The fraction of sp³-hybridized carbons (Fsp3) is 0.393. The van der Waals surface area contributed by atoms with E-state index in [0.717, 1.165) is 61.1 Å². The van der Waals surface area contributed by atoms with Crippen LogP contribution in [0.5, 0.6) is 0 Å². The quantitative estimate of drug-likeness (QED) is 0.310. The van der Waals surface area contributed by atoms with E-state index in [1.165, 1.54) is 6.07 Å². The largest absolute Gasteiger partial charge is 0.481 e. The van der Waals surface area contributed by atoms with E-state index >= 15 is 0 Å². The van der Waals surface area contributed by atoms with Crippen molar-refractivity contribution >= 4 is 33.6 Å². The third-order valence-electron chi connectivity index (χ3n) is 8.53. The monoisotopic (exact) mass is 488 g/mol. The summed E-state index contributed by atoms with van der Waals surface area (Å²) in [6, 6.07) is 7.98. The Labute approximate surface area is 206 Å². The topological polar surface area (TPSA) is 90.9 Å². The summed E-state index contributed by atoms with van der Waals surface area (Å²) in [6.45, 7) is 0. The van der Waals surface area contributed by atoms with Gasteiger partial charge < -0.3 is 15.4 Å². The number of carbonyl (C=O) groups is 1. The Balaban J connectivity index is 1.41. The van der Waals surface area contributed by atoms with E-state index in [9.17, 15) is 18.7 Å². The van der Waals surface area contributed by atoms with Crippen molar-refractivity contribution in [1.29, 1.82) is 0 Å². The molecule has 2 bridgehead atoms. The average molecular weight is 489 g/mol. The molecule has 2 atom stereocenters. The lowest BCUT2D eigenvalue weighted by atomic mass is 9.61.